The maximum absolute atomic E-state index is 12.7. The number of aryl methyl sites for hydroxylation is 1. The number of hydrazine groups is 1. The molecule has 3 amide bonds. The Labute approximate surface area is 207 Å². The molecule has 1 aromatic heterocycles. The fourth-order valence-corrected chi connectivity index (χ4v) is 5.09. The van der Waals surface area contributed by atoms with Crippen molar-refractivity contribution in [3.63, 3.8) is 0 Å². The molecule has 0 aliphatic carbocycles. The van der Waals surface area contributed by atoms with Crippen molar-refractivity contribution in [2.24, 2.45) is 0 Å². The van der Waals surface area contributed by atoms with Crippen LogP contribution in [0.25, 0.3) is 10.1 Å². The van der Waals surface area contributed by atoms with Crippen LogP contribution in [0.2, 0.25) is 5.02 Å². The highest BCUT2D eigenvalue weighted by Crippen LogP contribution is 2.37. The van der Waals surface area contributed by atoms with Crippen molar-refractivity contribution >= 4 is 72.4 Å². The van der Waals surface area contributed by atoms with E-state index >= 15 is 0 Å². The Bertz CT molecular complexity index is 1390. The molecule has 0 bridgehead atoms. The van der Waals surface area contributed by atoms with Crippen molar-refractivity contribution in [2.45, 2.75) is 6.92 Å². The Morgan fingerprint density at radius 1 is 0.848 bits per heavy atom. The molecule has 0 unspecified atom stereocenters. The molecule has 166 valence electrons. The first-order chi connectivity index (χ1) is 15.8. The minimum Gasteiger partial charge on any atom is -0.321 e. The molecule has 0 saturated heterocycles. The normalized spacial score (nSPS) is 10.6. The predicted octanol–water partition coefficient (Wildman–Crippen LogP) is 5.95. The minimum absolute atomic E-state index is 0.322. The van der Waals surface area contributed by atoms with Crippen LogP contribution < -0.4 is 16.2 Å². The number of amides is 3. The number of rotatable bonds is 4. The lowest BCUT2D eigenvalue weighted by Crippen LogP contribution is -2.41. The molecule has 4 rings (SSSR count). The van der Waals surface area contributed by atoms with Gasteiger partial charge in [-0.25, -0.2) is 0 Å². The molecule has 0 saturated carbocycles. The van der Waals surface area contributed by atoms with Crippen LogP contribution in [-0.2, 0) is 0 Å². The van der Waals surface area contributed by atoms with Crippen LogP contribution in [-0.4, -0.2) is 17.7 Å². The second kappa shape index (κ2) is 9.74. The van der Waals surface area contributed by atoms with Gasteiger partial charge in [-0.15, -0.1) is 11.3 Å². The summed E-state index contributed by atoms with van der Waals surface area (Å²) >= 11 is 11.1. The molecule has 0 aliphatic rings. The monoisotopic (exact) mass is 541 g/mol. The SMILES string of the molecule is Cc1cccc(C(=O)NNC(=O)c2ccc(NC(=O)c3sc4cc(Br)ccc4c3Cl)cc2)c1. The average Bonchev–Trinajstić information content (AvgIpc) is 3.13. The average molecular weight is 543 g/mol. The van der Waals surface area contributed by atoms with E-state index in [2.05, 4.69) is 32.1 Å². The number of nitrogens with one attached hydrogen (secondary N) is 3. The summed E-state index contributed by atoms with van der Waals surface area (Å²) in [6.07, 6.45) is 0. The second-order valence-electron chi connectivity index (χ2n) is 7.19. The summed E-state index contributed by atoms with van der Waals surface area (Å²) in [5.41, 5.74) is 6.99. The number of carbonyl (C=O) groups is 3. The standard InChI is InChI=1S/C24H17BrClN3O3S/c1-13-3-2-4-15(11-13)23(31)29-28-22(30)14-5-8-17(9-6-14)27-24(32)21-20(26)18-10-7-16(25)12-19(18)33-21/h2-12H,1H3,(H,27,32)(H,28,30)(H,29,31). The largest absolute Gasteiger partial charge is 0.321 e. The summed E-state index contributed by atoms with van der Waals surface area (Å²) < 4.78 is 1.81. The van der Waals surface area contributed by atoms with E-state index in [0.717, 1.165) is 20.1 Å². The molecule has 33 heavy (non-hydrogen) atoms. The summed E-state index contributed by atoms with van der Waals surface area (Å²) in [6, 6.07) is 19.0. The van der Waals surface area contributed by atoms with Crippen molar-refractivity contribution < 1.29 is 14.4 Å². The molecule has 0 radical (unpaired) electrons. The van der Waals surface area contributed by atoms with Crippen LogP contribution in [0, 0.1) is 6.92 Å². The van der Waals surface area contributed by atoms with Crippen LogP contribution in [0.1, 0.15) is 36.0 Å². The number of anilines is 1. The van der Waals surface area contributed by atoms with Gasteiger partial charge in [0.05, 0.1) is 5.02 Å². The molecule has 3 aromatic carbocycles. The third-order valence-corrected chi connectivity index (χ3v) is 6.92. The van der Waals surface area contributed by atoms with Gasteiger partial charge in [0.15, 0.2) is 0 Å². The van der Waals surface area contributed by atoms with E-state index in [1.807, 2.05) is 31.2 Å². The Balaban J connectivity index is 1.39. The highest BCUT2D eigenvalue weighted by molar-refractivity contribution is 9.10. The maximum Gasteiger partial charge on any atom is 0.269 e. The van der Waals surface area contributed by atoms with Gasteiger partial charge in [0.2, 0.25) is 0 Å². The van der Waals surface area contributed by atoms with Gasteiger partial charge in [0, 0.05) is 31.4 Å². The molecule has 4 aromatic rings. The fraction of sp³-hybridized carbons (Fsp3) is 0.0417. The van der Waals surface area contributed by atoms with Gasteiger partial charge in [-0.3, -0.25) is 25.2 Å². The summed E-state index contributed by atoms with van der Waals surface area (Å²) in [5, 5.41) is 4.01. The van der Waals surface area contributed by atoms with Crippen molar-refractivity contribution in [3.8, 4) is 0 Å². The van der Waals surface area contributed by atoms with E-state index in [4.69, 9.17) is 11.6 Å². The topological polar surface area (TPSA) is 87.3 Å². The molecule has 3 N–H and O–H groups in total. The van der Waals surface area contributed by atoms with Gasteiger partial charge < -0.3 is 5.32 Å². The number of hydrogen-bond donors (Lipinski definition) is 3. The zero-order valence-corrected chi connectivity index (χ0v) is 20.4. The highest BCUT2D eigenvalue weighted by atomic mass is 79.9. The van der Waals surface area contributed by atoms with E-state index in [0.29, 0.717) is 26.7 Å². The first kappa shape index (κ1) is 23.0. The zero-order valence-electron chi connectivity index (χ0n) is 17.2. The van der Waals surface area contributed by atoms with E-state index in [1.54, 1.807) is 42.5 Å². The minimum atomic E-state index is -0.480. The van der Waals surface area contributed by atoms with E-state index in [1.165, 1.54) is 11.3 Å². The fourth-order valence-electron chi connectivity index (χ4n) is 3.12. The van der Waals surface area contributed by atoms with Crippen molar-refractivity contribution in [1.29, 1.82) is 0 Å². The highest BCUT2D eigenvalue weighted by Gasteiger charge is 2.18. The van der Waals surface area contributed by atoms with Crippen LogP contribution in [0.5, 0.6) is 0 Å². The van der Waals surface area contributed by atoms with Crippen LogP contribution in [0.15, 0.2) is 71.2 Å². The van der Waals surface area contributed by atoms with Gasteiger partial charge in [0.1, 0.15) is 4.88 Å². The van der Waals surface area contributed by atoms with Gasteiger partial charge >= 0.3 is 0 Å². The summed E-state index contributed by atoms with van der Waals surface area (Å²) in [7, 11) is 0. The second-order valence-corrected chi connectivity index (χ2v) is 9.54. The number of carbonyl (C=O) groups excluding carboxylic acids is 3. The number of benzene rings is 3. The van der Waals surface area contributed by atoms with Crippen LogP contribution >= 0.6 is 38.9 Å². The molecular formula is C24H17BrClN3O3S. The molecule has 0 fully saturated rings. The molecule has 0 spiro atoms. The molecule has 6 nitrogen and oxygen atoms in total. The maximum atomic E-state index is 12.7. The number of fused-ring (bicyclic) bond motifs is 1. The van der Waals surface area contributed by atoms with E-state index < -0.39 is 11.8 Å². The van der Waals surface area contributed by atoms with Crippen LogP contribution in [0.3, 0.4) is 0 Å². The van der Waals surface area contributed by atoms with Crippen molar-refractivity contribution in [3.05, 3.63) is 97.8 Å². The quantitative estimate of drug-likeness (QED) is 0.278. The third-order valence-electron chi connectivity index (χ3n) is 4.77. The lowest BCUT2D eigenvalue weighted by atomic mass is 10.1. The predicted molar refractivity (Wildman–Crippen MR) is 135 cm³/mol. The van der Waals surface area contributed by atoms with Gasteiger partial charge in [0.25, 0.3) is 17.7 Å². The van der Waals surface area contributed by atoms with Crippen LogP contribution in [0.4, 0.5) is 5.69 Å². The summed E-state index contributed by atoms with van der Waals surface area (Å²) in [5.74, 6) is -1.23. The van der Waals surface area contributed by atoms with Gasteiger partial charge in [-0.2, -0.15) is 0 Å². The lowest BCUT2D eigenvalue weighted by Gasteiger charge is -2.09. The van der Waals surface area contributed by atoms with Gasteiger partial charge in [-0.1, -0.05) is 51.3 Å². The van der Waals surface area contributed by atoms with Crippen molar-refractivity contribution in [2.75, 3.05) is 5.32 Å². The smallest absolute Gasteiger partial charge is 0.269 e. The van der Waals surface area contributed by atoms with E-state index in [9.17, 15) is 14.4 Å². The summed E-state index contributed by atoms with van der Waals surface area (Å²) in [6.45, 7) is 1.88. The molecular weight excluding hydrogens is 526 g/mol. The Morgan fingerprint density at radius 3 is 2.24 bits per heavy atom. The number of halogens is 2. The molecule has 1 heterocycles. The first-order valence-corrected chi connectivity index (χ1v) is 11.8. The number of thiophene rings is 1. The molecule has 9 heteroatoms. The van der Waals surface area contributed by atoms with Gasteiger partial charge in [-0.05, 0) is 55.5 Å². The molecule has 0 atom stereocenters. The Hall–Kier alpha value is -3.20. The summed E-state index contributed by atoms with van der Waals surface area (Å²) in [4.78, 5) is 37.6. The third kappa shape index (κ3) is 5.24. The number of hydrogen-bond acceptors (Lipinski definition) is 4. The Kier molecular flexibility index (Phi) is 6.78. The van der Waals surface area contributed by atoms with Crippen molar-refractivity contribution in [1.82, 2.24) is 10.9 Å². The molecule has 0 aliphatic heterocycles. The first-order valence-electron chi connectivity index (χ1n) is 9.78. The Morgan fingerprint density at radius 2 is 1.55 bits per heavy atom. The zero-order chi connectivity index (χ0) is 23.5. The van der Waals surface area contributed by atoms with E-state index in [-0.39, 0.29) is 5.91 Å². The lowest BCUT2D eigenvalue weighted by molar-refractivity contribution is 0.0846.